The number of nitrogens with zero attached hydrogens (tertiary/aromatic N) is 1. The minimum Gasteiger partial charge on any atom is -0.323 e. The maximum Gasteiger partial charge on any atom is 0.446 e. The van der Waals surface area contributed by atoms with Crippen molar-refractivity contribution in [1.29, 1.82) is 0 Å². The number of alkyl halides is 3. The van der Waals surface area contributed by atoms with E-state index < -0.39 is 5.51 Å². The lowest BCUT2D eigenvalue weighted by atomic mass is 10.3. The van der Waals surface area contributed by atoms with Crippen LogP contribution in [-0.4, -0.2) is 42.6 Å². The minimum atomic E-state index is -4.30. The molecule has 0 aliphatic carbocycles. The van der Waals surface area contributed by atoms with Crippen LogP contribution >= 0.6 is 11.8 Å². The Hall–Kier alpha value is -1.41. The van der Waals surface area contributed by atoms with Crippen LogP contribution in [0, 0.1) is 0 Å². The van der Waals surface area contributed by atoms with Gasteiger partial charge in [0.2, 0.25) is 0 Å². The molecule has 2 rings (SSSR count). The molecule has 0 bridgehead atoms. The van der Waals surface area contributed by atoms with Crippen LogP contribution < -0.4 is 10.6 Å². The van der Waals surface area contributed by atoms with Crippen molar-refractivity contribution in [1.82, 2.24) is 10.2 Å². The lowest BCUT2D eigenvalue weighted by molar-refractivity contribution is -0.0328. The van der Waals surface area contributed by atoms with Crippen molar-refractivity contribution in [3.8, 4) is 0 Å². The van der Waals surface area contributed by atoms with E-state index in [-0.39, 0.29) is 22.7 Å². The summed E-state index contributed by atoms with van der Waals surface area (Å²) in [4.78, 5) is 13.8. The maximum absolute atomic E-state index is 12.2. The van der Waals surface area contributed by atoms with Crippen LogP contribution in [0.1, 0.15) is 6.42 Å². The third-order valence-electron chi connectivity index (χ3n) is 2.97. The number of hydrogen-bond acceptors (Lipinski definition) is 3. The summed E-state index contributed by atoms with van der Waals surface area (Å²) in [5.74, 6) is 0. The molecule has 2 amide bonds. The number of thioether (sulfide) groups is 1. The Labute approximate surface area is 125 Å². The molecule has 2 N–H and O–H groups in total. The number of carbonyl (C=O) groups excluding carboxylic acids is 1. The molecule has 0 unspecified atom stereocenters. The first-order valence-electron chi connectivity index (χ1n) is 6.56. The van der Waals surface area contributed by atoms with Gasteiger partial charge in [0.25, 0.3) is 0 Å². The lowest BCUT2D eigenvalue weighted by Crippen LogP contribution is -2.37. The van der Waals surface area contributed by atoms with Crippen LogP contribution in [0.25, 0.3) is 0 Å². The van der Waals surface area contributed by atoms with E-state index in [0.29, 0.717) is 18.8 Å². The van der Waals surface area contributed by atoms with Gasteiger partial charge in [-0.3, -0.25) is 0 Å². The van der Waals surface area contributed by atoms with Crippen LogP contribution in [0.4, 0.5) is 23.7 Å². The Morgan fingerprint density at radius 1 is 1.19 bits per heavy atom. The quantitative estimate of drug-likeness (QED) is 0.823. The second-order valence-corrected chi connectivity index (χ2v) is 5.73. The average Bonchev–Trinajstić information content (AvgIpc) is 2.68. The predicted molar refractivity (Wildman–Crippen MR) is 76.4 cm³/mol. The van der Waals surface area contributed by atoms with Gasteiger partial charge in [-0.1, -0.05) is 0 Å². The molecule has 1 aromatic rings. The fraction of sp³-hybridized carbons (Fsp3) is 0.462. The van der Waals surface area contributed by atoms with Gasteiger partial charge in [0, 0.05) is 30.2 Å². The second-order valence-electron chi connectivity index (χ2n) is 4.59. The molecule has 21 heavy (non-hydrogen) atoms. The highest BCUT2D eigenvalue weighted by molar-refractivity contribution is 8.00. The first-order chi connectivity index (χ1) is 9.94. The van der Waals surface area contributed by atoms with E-state index in [1.165, 1.54) is 24.3 Å². The van der Waals surface area contributed by atoms with Gasteiger partial charge in [0.05, 0.1) is 0 Å². The number of carbonyl (C=O) groups is 1. The Balaban J connectivity index is 1.91. The Morgan fingerprint density at radius 2 is 1.90 bits per heavy atom. The lowest BCUT2D eigenvalue weighted by Gasteiger charge is -2.20. The molecule has 1 heterocycles. The SMILES string of the molecule is O=C(Nc1ccc(SC(F)(F)F)cc1)N1CCCNCC1. The molecule has 0 spiro atoms. The average molecular weight is 319 g/mol. The molecule has 1 aromatic carbocycles. The van der Waals surface area contributed by atoms with Crippen molar-refractivity contribution in [2.45, 2.75) is 16.8 Å². The molecular formula is C13H16F3N3OS. The zero-order valence-electron chi connectivity index (χ0n) is 11.2. The zero-order chi connectivity index (χ0) is 15.3. The first kappa shape index (κ1) is 16.0. The largest absolute Gasteiger partial charge is 0.446 e. The second kappa shape index (κ2) is 7.04. The fourth-order valence-electron chi connectivity index (χ4n) is 1.99. The van der Waals surface area contributed by atoms with Gasteiger partial charge in [-0.2, -0.15) is 13.2 Å². The number of halogens is 3. The van der Waals surface area contributed by atoms with E-state index in [4.69, 9.17) is 0 Å². The minimum absolute atomic E-state index is 0.0967. The van der Waals surface area contributed by atoms with Gasteiger partial charge in [0.1, 0.15) is 0 Å². The van der Waals surface area contributed by atoms with E-state index in [1.807, 2.05) is 0 Å². The molecule has 1 fully saturated rings. The maximum atomic E-state index is 12.2. The highest BCUT2D eigenvalue weighted by atomic mass is 32.2. The van der Waals surface area contributed by atoms with Gasteiger partial charge in [-0.05, 0) is 49.0 Å². The number of amides is 2. The summed E-state index contributed by atoms with van der Waals surface area (Å²) in [6, 6.07) is 5.41. The number of urea groups is 1. The van der Waals surface area contributed by atoms with Gasteiger partial charge in [-0.15, -0.1) is 0 Å². The van der Waals surface area contributed by atoms with Crippen molar-refractivity contribution in [2.75, 3.05) is 31.5 Å². The summed E-state index contributed by atoms with van der Waals surface area (Å²) in [6.07, 6.45) is 0.884. The normalized spacial score (nSPS) is 16.4. The van der Waals surface area contributed by atoms with Gasteiger partial charge < -0.3 is 15.5 Å². The van der Waals surface area contributed by atoms with Gasteiger partial charge in [0.15, 0.2) is 0 Å². The van der Waals surface area contributed by atoms with E-state index in [0.717, 1.165) is 19.5 Å². The summed E-state index contributed by atoms with van der Waals surface area (Å²) in [6.45, 7) is 2.91. The van der Waals surface area contributed by atoms with E-state index in [2.05, 4.69) is 10.6 Å². The van der Waals surface area contributed by atoms with E-state index in [9.17, 15) is 18.0 Å². The predicted octanol–water partition coefficient (Wildman–Crippen LogP) is 3.13. The summed E-state index contributed by atoms with van der Waals surface area (Å²) in [5, 5.41) is 5.89. The Morgan fingerprint density at radius 3 is 2.57 bits per heavy atom. The van der Waals surface area contributed by atoms with Crippen molar-refractivity contribution in [3.63, 3.8) is 0 Å². The fourth-order valence-corrected chi connectivity index (χ4v) is 2.53. The number of benzene rings is 1. The third-order valence-corrected chi connectivity index (χ3v) is 3.71. The highest BCUT2D eigenvalue weighted by Gasteiger charge is 2.29. The summed E-state index contributed by atoms with van der Waals surface area (Å²) < 4.78 is 36.6. The van der Waals surface area contributed by atoms with Crippen molar-refractivity contribution in [3.05, 3.63) is 24.3 Å². The van der Waals surface area contributed by atoms with Crippen LogP contribution in [0.2, 0.25) is 0 Å². The monoisotopic (exact) mass is 319 g/mol. The van der Waals surface area contributed by atoms with E-state index >= 15 is 0 Å². The summed E-state index contributed by atoms with van der Waals surface area (Å²) >= 11 is -0.172. The van der Waals surface area contributed by atoms with E-state index in [1.54, 1.807) is 4.90 Å². The number of rotatable bonds is 2. The number of anilines is 1. The highest BCUT2D eigenvalue weighted by Crippen LogP contribution is 2.37. The molecule has 1 aliphatic heterocycles. The number of nitrogens with one attached hydrogen (secondary N) is 2. The topological polar surface area (TPSA) is 44.4 Å². The van der Waals surface area contributed by atoms with Crippen LogP contribution in [0.15, 0.2) is 29.2 Å². The molecule has 0 saturated carbocycles. The van der Waals surface area contributed by atoms with Crippen molar-refractivity contribution < 1.29 is 18.0 Å². The Kier molecular flexibility index (Phi) is 5.35. The smallest absolute Gasteiger partial charge is 0.323 e. The molecule has 8 heteroatoms. The third kappa shape index (κ3) is 5.47. The summed E-state index contributed by atoms with van der Waals surface area (Å²) in [5.41, 5.74) is -3.81. The van der Waals surface area contributed by atoms with Gasteiger partial charge in [-0.25, -0.2) is 4.79 Å². The van der Waals surface area contributed by atoms with Crippen LogP contribution in [-0.2, 0) is 0 Å². The van der Waals surface area contributed by atoms with Crippen LogP contribution in [0.5, 0.6) is 0 Å². The molecule has 0 radical (unpaired) electrons. The Bertz CT molecular complexity index is 471. The summed E-state index contributed by atoms with van der Waals surface area (Å²) in [7, 11) is 0. The van der Waals surface area contributed by atoms with Crippen molar-refractivity contribution >= 4 is 23.5 Å². The van der Waals surface area contributed by atoms with Crippen LogP contribution in [0.3, 0.4) is 0 Å². The molecular weight excluding hydrogens is 303 g/mol. The molecule has 0 atom stereocenters. The molecule has 0 aromatic heterocycles. The molecule has 4 nitrogen and oxygen atoms in total. The van der Waals surface area contributed by atoms with Gasteiger partial charge >= 0.3 is 11.5 Å². The van der Waals surface area contributed by atoms with Crippen molar-refractivity contribution in [2.24, 2.45) is 0 Å². The molecule has 116 valence electrons. The molecule has 1 aliphatic rings. The first-order valence-corrected chi connectivity index (χ1v) is 7.38. The standard InChI is InChI=1S/C13H16F3N3OS/c14-13(15,16)21-11-4-2-10(3-5-11)18-12(20)19-8-1-6-17-7-9-19/h2-5,17H,1,6-9H2,(H,18,20). The number of hydrogen-bond donors (Lipinski definition) is 2. The zero-order valence-corrected chi connectivity index (χ0v) is 12.1. The molecule has 1 saturated heterocycles.